The molecule has 21 heavy (non-hydrogen) atoms. The molecule has 0 amide bonds. The van der Waals surface area contributed by atoms with Crippen LogP contribution in [0.4, 0.5) is 0 Å². The number of quaternary nitrogens is 1. The number of hydroxylamine groups is 3. The Morgan fingerprint density at radius 2 is 2.24 bits per heavy atom. The maximum absolute atomic E-state index is 12.4. The lowest BCUT2D eigenvalue weighted by atomic mass is 9.85. The van der Waals surface area contributed by atoms with Gasteiger partial charge in [0.15, 0.2) is 5.60 Å². The second kappa shape index (κ2) is 5.68. The SMILES string of the molecule is CC(C)[C@](O)(C(=O)OCC1=CC[N+]2([O-])CCC[C@@H]12)[C@@H](C)O. The van der Waals surface area contributed by atoms with Gasteiger partial charge in [0.1, 0.15) is 12.6 Å². The summed E-state index contributed by atoms with van der Waals surface area (Å²) in [6, 6.07) is -0.114. The number of ether oxygens (including phenoxy) is 1. The van der Waals surface area contributed by atoms with Gasteiger partial charge in [0.25, 0.3) is 0 Å². The molecule has 0 saturated carbocycles. The summed E-state index contributed by atoms with van der Waals surface area (Å²) >= 11 is 0. The zero-order chi connectivity index (χ0) is 15.8. The van der Waals surface area contributed by atoms with Crippen molar-refractivity contribution in [1.29, 1.82) is 0 Å². The number of carbonyl (C=O) groups excluding carboxylic acids is 1. The quantitative estimate of drug-likeness (QED) is 0.338. The Hall–Kier alpha value is -0.950. The fourth-order valence-electron chi connectivity index (χ4n) is 3.37. The highest BCUT2D eigenvalue weighted by molar-refractivity contribution is 5.80. The number of fused-ring (bicyclic) bond motifs is 1. The van der Waals surface area contributed by atoms with Crippen LogP contribution in [-0.4, -0.2) is 58.3 Å². The number of hydrogen-bond acceptors (Lipinski definition) is 5. The molecule has 0 aromatic carbocycles. The topological polar surface area (TPSA) is 89.8 Å². The zero-order valence-corrected chi connectivity index (χ0v) is 12.9. The lowest BCUT2D eigenvalue weighted by Crippen LogP contribution is -2.53. The van der Waals surface area contributed by atoms with Gasteiger partial charge < -0.3 is 24.8 Å². The zero-order valence-electron chi connectivity index (χ0n) is 12.9. The third-order valence-electron chi connectivity index (χ3n) is 4.89. The largest absolute Gasteiger partial charge is 0.632 e. The standard InChI is InChI=1S/C15H25NO5/c1-10(2)15(19,11(3)17)14(18)21-9-12-6-8-16(20)7-4-5-13(12)16/h6,10-11,13,17,19H,4-5,7-9H2,1-3H3/t11-,13+,15-,16?/m1/s1. The van der Waals surface area contributed by atoms with Gasteiger partial charge in [-0.25, -0.2) is 4.79 Å². The monoisotopic (exact) mass is 299 g/mol. The van der Waals surface area contributed by atoms with Crippen LogP contribution in [0.25, 0.3) is 0 Å². The second-order valence-electron chi connectivity index (χ2n) is 6.53. The van der Waals surface area contributed by atoms with Gasteiger partial charge in [-0.3, -0.25) is 0 Å². The summed E-state index contributed by atoms with van der Waals surface area (Å²) in [5.41, 5.74) is -1.08. The lowest BCUT2D eigenvalue weighted by Gasteiger charge is -2.40. The Kier molecular flexibility index (Phi) is 4.44. The Bertz CT molecular complexity index is 437. The van der Waals surface area contributed by atoms with E-state index in [1.807, 2.05) is 6.08 Å². The van der Waals surface area contributed by atoms with E-state index in [-0.39, 0.29) is 17.3 Å². The van der Waals surface area contributed by atoms with E-state index >= 15 is 0 Å². The summed E-state index contributed by atoms with van der Waals surface area (Å²) in [6.45, 7) is 5.74. The predicted octanol–water partition coefficient (Wildman–Crippen LogP) is 0.714. The number of nitrogens with zero attached hydrogens (tertiary/aromatic N) is 1. The van der Waals surface area contributed by atoms with E-state index in [2.05, 4.69) is 0 Å². The highest BCUT2D eigenvalue weighted by Crippen LogP contribution is 2.36. The first kappa shape index (κ1) is 16.4. The molecule has 1 unspecified atom stereocenters. The van der Waals surface area contributed by atoms with Gasteiger partial charge in [-0.05, 0) is 18.9 Å². The molecular formula is C15H25NO5. The van der Waals surface area contributed by atoms with Crippen LogP contribution < -0.4 is 0 Å². The van der Waals surface area contributed by atoms with Crippen molar-refractivity contribution in [3.8, 4) is 0 Å². The van der Waals surface area contributed by atoms with Gasteiger partial charge >= 0.3 is 5.97 Å². The number of rotatable bonds is 5. The van der Waals surface area contributed by atoms with Crippen molar-refractivity contribution < 1.29 is 24.4 Å². The Morgan fingerprint density at radius 1 is 1.57 bits per heavy atom. The van der Waals surface area contributed by atoms with E-state index in [9.17, 15) is 20.2 Å². The summed E-state index contributed by atoms with van der Waals surface area (Å²) in [4.78, 5) is 12.1. The molecule has 0 aromatic rings. The number of carbonyl (C=O) groups is 1. The minimum Gasteiger partial charge on any atom is -0.632 e. The fourth-order valence-corrected chi connectivity index (χ4v) is 3.37. The molecule has 0 radical (unpaired) electrons. The smallest absolute Gasteiger partial charge is 0.341 e. The van der Waals surface area contributed by atoms with Gasteiger partial charge in [-0.15, -0.1) is 0 Å². The van der Waals surface area contributed by atoms with Crippen LogP contribution in [-0.2, 0) is 9.53 Å². The average molecular weight is 299 g/mol. The van der Waals surface area contributed by atoms with E-state index in [0.717, 1.165) is 18.4 Å². The van der Waals surface area contributed by atoms with Crippen molar-refractivity contribution in [2.45, 2.75) is 51.4 Å². The molecule has 0 bridgehead atoms. The van der Waals surface area contributed by atoms with Crippen LogP contribution in [0.15, 0.2) is 11.6 Å². The second-order valence-corrected chi connectivity index (χ2v) is 6.53. The average Bonchev–Trinajstić information content (AvgIpc) is 2.91. The predicted molar refractivity (Wildman–Crippen MR) is 76.9 cm³/mol. The maximum atomic E-state index is 12.4. The Balaban J connectivity index is 1.99. The van der Waals surface area contributed by atoms with Crippen LogP contribution in [0.1, 0.15) is 33.6 Å². The molecule has 0 spiro atoms. The first-order chi connectivity index (χ1) is 9.71. The van der Waals surface area contributed by atoms with Gasteiger partial charge in [0, 0.05) is 18.4 Å². The summed E-state index contributed by atoms with van der Waals surface area (Å²) in [5, 5.41) is 32.4. The molecule has 0 aliphatic carbocycles. The molecule has 2 N–H and O–H groups in total. The van der Waals surface area contributed by atoms with Gasteiger partial charge in [-0.1, -0.05) is 13.8 Å². The van der Waals surface area contributed by atoms with Crippen molar-refractivity contribution in [3.05, 3.63) is 16.9 Å². The van der Waals surface area contributed by atoms with Gasteiger partial charge in [0.05, 0.1) is 19.2 Å². The van der Waals surface area contributed by atoms with E-state index in [1.54, 1.807) is 13.8 Å². The van der Waals surface area contributed by atoms with Crippen LogP contribution >= 0.6 is 0 Å². The van der Waals surface area contributed by atoms with Gasteiger partial charge in [-0.2, -0.15) is 0 Å². The first-order valence-corrected chi connectivity index (χ1v) is 7.56. The molecule has 6 heteroatoms. The molecule has 4 atom stereocenters. The molecule has 0 aromatic heterocycles. The van der Waals surface area contributed by atoms with E-state index in [0.29, 0.717) is 13.1 Å². The summed E-state index contributed by atoms with van der Waals surface area (Å²) < 4.78 is 4.96. The van der Waals surface area contributed by atoms with Crippen LogP contribution in [0.2, 0.25) is 0 Å². The van der Waals surface area contributed by atoms with E-state index < -0.39 is 23.6 Å². The number of esters is 1. The molecule has 2 aliphatic rings. The first-order valence-electron chi connectivity index (χ1n) is 7.56. The van der Waals surface area contributed by atoms with Gasteiger partial charge in [0.2, 0.25) is 0 Å². The minimum atomic E-state index is -1.92. The molecule has 120 valence electrons. The molecule has 2 aliphatic heterocycles. The van der Waals surface area contributed by atoms with E-state index in [1.165, 1.54) is 6.92 Å². The van der Waals surface area contributed by atoms with Crippen molar-refractivity contribution in [2.75, 3.05) is 19.7 Å². The Morgan fingerprint density at radius 3 is 2.81 bits per heavy atom. The van der Waals surface area contributed by atoms with Crippen LogP contribution in [0.5, 0.6) is 0 Å². The molecule has 1 fully saturated rings. The molecule has 2 rings (SSSR count). The summed E-state index contributed by atoms with van der Waals surface area (Å²) in [6.07, 6.45) is 2.34. The third-order valence-corrected chi connectivity index (χ3v) is 4.89. The highest BCUT2D eigenvalue weighted by atomic mass is 16.6. The summed E-state index contributed by atoms with van der Waals surface area (Å²) in [7, 11) is 0. The van der Waals surface area contributed by atoms with Crippen molar-refractivity contribution in [3.63, 3.8) is 0 Å². The molecule has 6 nitrogen and oxygen atoms in total. The van der Waals surface area contributed by atoms with Crippen molar-refractivity contribution in [2.24, 2.45) is 5.92 Å². The lowest BCUT2D eigenvalue weighted by molar-refractivity contribution is -0.875. The summed E-state index contributed by atoms with van der Waals surface area (Å²) in [5.74, 6) is -1.30. The highest BCUT2D eigenvalue weighted by Gasteiger charge is 2.47. The number of hydrogen-bond donors (Lipinski definition) is 2. The Labute approximate surface area is 125 Å². The van der Waals surface area contributed by atoms with Crippen molar-refractivity contribution in [1.82, 2.24) is 0 Å². The fraction of sp³-hybridized carbons (Fsp3) is 0.800. The minimum absolute atomic E-state index is 0.0213. The molecule has 2 heterocycles. The third kappa shape index (κ3) is 2.73. The van der Waals surface area contributed by atoms with Crippen molar-refractivity contribution >= 4 is 5.97 Å². The maximum Gasteiger partial charge on any atom is 0.341 e. The molecular weight excluding hydrogens is 274 g/mol. The number of aliphatic hydroxyl groups excluding tert-OH is 1. The number of aliphatic hydroxyl groups is 2. The van der Waals surface area contributed by atoms with Crippen LogP contribution in [0.3, 0.4) is 0 Å². The molecule has 1 saturated heterocycles. The van der Waals surface area contributed by atoms with E-state index in [4.69, 9.17) is 4.74 Å². The normalized spacial score (nSPS) is 32.5. The van der Waals surface area contributed by atoms with Crippen LogP contribution in [0, 0.1) is 11.1 Å².